The molecule has 2 heterocycles. The lowest BCUT2D eigenvalue weighted by atomic mass is 10.2. The minimum atomic E-state index is -3.56. The van der Waals surface area contributed by atoms with E-state index in [1.165, 1.54) is 23.2 Å². The molecule has 1 unspecified atom stereocenters. The number of rotatable bonds is 14. The van der Waals surface area contributed by atoms with Crippen LogP contribution in [0, 0.1) is 5.92 Å². The molecule has 0 saturated heterocycles. The summed E-state index contributed by atoms with van der Waals surface area (Å²) >= 11 is 0. The van der Waals surface area contributed by atoms with E-state index in [1.54, 1.807) is 0 Å². The molecule has 0 aliphatic carbocycles. The number of benzene rings is 2. The number of imidazole rings is 1. The summed E-state index contributed by atoms with van der Waals surface area (Å²) in [5.41, 5.74) is 6.88. The molecule has 2 aromatic carbocycles. The van der Waals surface area contributed by atoms with Gasteiger partial charge < -0.3 is 24.0 Å². The summed E-state index contributed by atoms with van der Waals surface area (Å²) in [5.74, 6) is 1.44. The summed E-state index contributed by atoms with van der Waals surface area (Å²) in [4.78, 5) is 18.8. The number of nitrogens with two attached hydrogens (primary N) is 1. The molecule has 0 aliphatic heterocycles. The molecule has 0 radical (unpaired) electrons. The van der Waals surface area contributed by atoms with Crippen molar-refractivity contribution in [2.45, 2.75) is 65.7 Å². The minimum Gasteiger partial charge on any atom is -0.410 e. The summed E-state index contributed by atoms with van der Waals surface area (Å²) in [7, 11) is -6.43. The van der Waals surface area contributed by atoms with Crippen LogP contribution in [-0.2, 0) is 18.0 Å². The Hall–Kier alpha value is -3.34. The van der Waals surface area contributed by atoms with Gasteiger partial charge in [-0.1, -0.05) is 87.5 Å². The van der Waals surface area contributed by atoms with Crippen molar-refractivity contribution in [3.63, 3.8) is 0 Å². The van der Waals surface area contributed by atoms with Crippen molar-refractivity contribution in [1.29, 1.82) is 0 Å². The molecule has 0 amide bonds. The molecule has 2 N–H and O–H groups in total. The van der Waals surface area contributed by atoms with Crippen LogP contribution < -0.4 is 20.9 Å². The highest BCUT2D eigenvalue weighted by atomic mass is 31.2. The Morgan fingerprint density at radius 1 is 0.886 bits per heavy atom. The van der Waals surface area contributed by atoms with Crippen LogP contribution in [0.1, 0.15) is 48.5 Å². The zero-order chi connectivity index (χ0) is 32.0. The van der Waals surface area contributed by atoms with Crippen molar-refractivity contribution in [3.05, 3.63) is 85.2 Å². The highest BCUT2D eigenvalue weighted by Gasteiger charge is 2.50. The smallest absolute Gasteiger partial charge is 0.354 e. The predicted octanol–water partition coefficient (Wildman–Crippen LogP) is 5.59. The minimum absolute atomic E-state index is 0.160. The van der Waals surface area contributed by atoms with Crippen LogP contribution in [0.15, 0.2) is 85.2 Å². The quantitative estimate of drug-likeness (QED) is 0.139. The Labute approximate surface area is 261 Å². The first-order valence-electron chi connectivity index (χ1n) is 14.8. The SMILES string of the molecule is CC(C)OP(=O)(/C=C/C(COn1cnc2c(N)ncnc21)CO[Si](c1ccccc1)(c1ccccc1)C(C)(C)C)OC(C)C. The van der Waals surface area contributed by atoms with E-state index in [4.69, 9.17) is 24.0 Å². The third-order valence-electron chi connectivity index (χ3n) is 6.95. The maximum atomic E-state index is 13.7. The molecule has 2 aromatic heterocycles. The van der Waals surface area contributed by atoms with Gasteiger partial charge in [0, 0.05) is 18.3 Å². The second-order valence-corrected chi connectivity index (χ2v) is 18.3. The molecule has 0 spiro atoms. The first-order valence-corrected chi connectivity index (χ1v) is 18.3. The Balaban J connectivity index is 1.73. The topological polar surface area (TPSA) is 124 Å². The van der Waals surface area contributed by atoms with Gasteiger partial charge in [-0.25, -0.2) is 15.0 Å². The molecule has 1 atom stereocenters. The fraction of sp³-hybridized carbons (Fsp3) is 0.406. The molecule has 0 aliphatic rings. The van der Waals surface area contributed by atoms with E-state index in [1.807, 2.05) is 45.9 Å². The van der Waals surface area contributed by atoms with E-state index in [-0.39, 0.29) is 42.2 Å². The monoisotopic (exact) mass is 637 g/mol. The average Bonchev–Trinajstić information content (AvgIpc) is 3.38. The summed E-state index contributed by atoms with van der Waals surface area (Å²) in [5, 5.41) is 2.09. The first kappa shape index (κ1) is 33.5. The van der Waals surface area contributed by atoms with E-state index in [0.29, 0.717) is 11.2 Å². The summed E-state index contributed by atoms with van der Waals surface area (Å²) in [6.45, 7) is 14.4. The van der Waals surface area contributed by atoms with E-state index in [2.05, 4.69) is 84.3 Å². The third-order valence-corrected chi connectivity index (χ3v) is 13.9. The van der Waals surface area contributed by atoms with Gasteiger partial charge in [0.05, 0.1) is 12.2 Å². The molecule has 0 bridgehead atoms. The van der Waals surface area contributed by atoms with Gasteiger partial charge in [0.25, 0.3) is 8.32 Å². The van der Waals surface area contributed by atoms with Gasteiger partial charge in [0.15, 0.2) is 11.3 Å². The van der Waals surface area contributed by atoms with Crippen molar-refractivity contribution in [2.24, 2.45) is 5.92 Å². The van der Waals surface area contributed by atoms with E-state index in [9.17, 15) is 4.57 Å². The van der Waals surface area contributed by atoms with Crippen molar-refractivity contribution >= 4 is 43.3 Å². The number of nitrogen functional groups attached to an aromatic ring is 1. The molecular weight excluding hydrogens is 593 g/mol. The molecule has 10 nitrogen and oxygen atoms in total. The standard InChI is InChI=1S/C32H44N5O5PSi/c1-24(2)41-43(38,42-25(3)4)19-18-26(20-39-37-23-36-29-30(33)34-22-35-31(29)37)21-40-44(32(5,6)7,27-14-10-8-11-15-27)28-16-12-9-13-17-28/h8-19,22-26H,20-21H2,1-7H3,(H2,33,34,35)/b19-18+. The van der Waals surface area contributed by atoms with Gasteiger partial charge in [-0.05, 0) is 43.1 Å². The van der Waals surface area contributed by atoms with Crippen LogP contribution in [0.3, 0.4) is 0 Å². The van der Waals surface area contributed by atoms with Crippen LogP contribution in [0.25, 0.3) is 11.2 Å². The number of nitrogens with zero attached hydrogens (tertiary/aromatic N) is 4. The molecule has 4 rings (SSSR count). The van der Waals surface area contributed by atoms with E-state index in [0.717, 1.165) is 10.4 Å². The Kier molecular flexibility index (Phi) is 10.8. The summed E-state index contributed by atoms with van der Waals surface area (Å²) in [6.07, 6.45) is 4.09. The average molecular weight is 638 g/mol. The lowest BCUT2D eigenvalue weighted by Gasteiger charge is -2.43. The Bertz CT molecular complexity index is 1520. The number of anilines is 1. The van der Waals surface area contributed by atoms with Crippen molar-refractivity contribution in [3.8, 4) is 0 Å². The van der Waals surface area contributed by atoms with Crippen LogP contribution in [0.4, 0.5) is 5.82 Å². The maximum Gasteiger partial charge on any atom is 0.354 e. The number of hydrogen-bond donors (Lipinski definition) is 1. The zero-order valence-electron chi connectivity index (χ0n) is 26.6. The van der Waals surface area contributed by atoms with Crippen molar-refractivity contribution < 1.29 is 22.9 Å². The van der Waals surface area contributed by atoms with Gasteiger partial charge in [0.1, 0.15) is 19.3 Å². The number of hydrogen-bond acceptors (Lipinski definition) is 9. The van der Waals surface area contributed by atoms with E-state index >= 15 is 0 Å². The van der Waals surface area contributed by atoms with Gasteiger partial charge >= 0.3 is 7.60 Å². The first-order chi connectivity index (χ1) is 20.8. The van der Waals surface area contributed by atoms with Gasteiger partial charge in [-0.2, -0.15) is 4.73 Å². The highest BCUT2D eigenvalue weighted by Crippen LogP contribution is 2.52. The lowest BCUT2D eigenvalue weighted by molar-refractivity contribution is 0.0811. The van der Waals surface area contributed by atoms with E-state index < -0.39 is 15.9 Å². The molecule has 0 fully saturated rings. The molecule has 44 heavy (non-hydrogen) atoms. The molecular formula is C32H44N5O5PSi. The predicted molar refractivity (Wildman–Crippen MR) is 177 cm³/mol. The normalized spacial score (nSPS) is 13.8. The zero-order valence-corrected chi connectivity index (χ0v) is 28.5. The van der Waals surface area contributed by atoms with Gasteiger partial charge in [0.2, 0.25) is 5.65 Å². The second-order valence-electron chi connectivity index (χ2n) is 12.2. The van der Waals surface area contributed by atoms with Gasteiger partial charge in [-0.15, -0.1) is 0 Å². The number of fused-ring (bicyclic) bond motifs is 1. The highest BCUT2D eigenvalue weighted by molar-refractivity contribution is 7.57. The van der Waals surface area contributed by atoms with Crippen LogP contribution >= 0.6 is 7.60 Å². The fourth-order valence-corrected chi connectivity index (χ4v) is 11.6. The summed E-state index contributed by atoms with van der Waals surface area (Å²) < 4.78 is 34.0. The van der Waals surface area contributed by atoms with Crippen LogP contribution in [0.2, 0.25) is 5.04 Å². The fourth-order valence-electron chi connectivity index (χ4n) is 5.17. The number of aromatic nitrogens is 4. The molecule has 0 saturated carbocycles. The molecule has 4 aromatic rings. The summed E-state index contributed by atoms with van der Waals surface area (Å²) in [6, 6.07) is 20.8. The van der Waals surface area contributed by atoms with Crippen molar-refractivity contribution in [1.82, 2.24) is 19.7 Å². The molecule has 236 valence electrons. The van der Waals surface area contributed by atoms with Crippen LogP contribution in [-0.4, -0.2) is 53.4 Å². The Morgan fingerprint density at radius 3 is 1.98 bits per heavy atom. The maximum absolute atomic E-state index is 13.7. The Morgan fingerprint density at radius 2 is 1.45 bits per heavy atom. The lowest BCUT2D eigenvalue weighted by Crippen LogP contribution is -2.67. The molecule has 12 heteroatoms. The van der Waals surface area contributed by atoms with Crippen LogP contribution in [0.5, 0.6) is 0 Å². The van der Waals surface area contributed by atoms with Crippen molar-refractivity contribution in [2.75, 3.05) is 18.9 Å². The largest absolute Gasteiger partial charge is 0.410 e. The second kappa shape index (κ2) is 14.2. The third kappa shape index (κ3) is 7.83. The van der Waals surface area contributed by atoms with Gasteiger partial charge in [-0.3, -0.25) is 4.57 Å².